The molecule has 0 spiro atoms. The van der Waals surface area contributed by atoms with Gasteiger partial charge in [-0.25, -0.2) is 4.57 Å². The van der Waals surface area contributed by atoms with Crippen LogP contribution in [0.5, 0.6) is 0 Å². The number of carbonyl (C=O) groups excluding carboxylic acids is 2. The second kappa shape index (κ2) is 46.9. The average molecular weight is 876 g/mol. The van der Waals surface area contributed by atoms with Crippen LogP contribution in [0.4, 0.5) is 0 Å². The van der Waals surface area contributed by atoms with E-state index in [4.69, 9.17) is 13.8 Å². The molecule has 9 nitrogen and oxygen atoms in total. The van der Waals surface area contributed by atoms with Gasteiger partial charge in [0.2, 0.25) is 5.91 Å². The number of aliphatic hydroxyl groups is 1. The number of amides is 1. The van der Waals surface area contributed by atoms with Gasteiger partial charge in [-0.2, -0.15) is 0 Å². The van der Waals surface area contributed by atoms with Gasteiger partial charge in [0, 0.05) is 19.4 Å². The Kier molecular flexibility index (Phi) is 45.0. The van der Waals surface area contributed by atoms with Crippen LogP contribution in [0.3, 0.4) is 0 Å². The van der Waals surface area contributed by atoms with E-state index in [9.17, 15) is 24.2 Å². The van der Waals surface area contributed by atoms with E-state index in [1.165, 1.54) is 103 Å². The maximum atomic E-state index is 12.1. The van der Waals surface area contributed by atoms with Crippen LogP contribution in [0.25, 0.3) is 0 Å². The Bertz CT molecular complexity index is 1230. The van der Waals surface area contributed by atoms with Crippen LogP contribution in [0, 0.1) is 0 Å². The number of aliphatic hydroxyl groups excluding tert-OH is 1. The first kappa shape index (κ1) is 58.5. The highest BCUT2D eigenvalue weighted by Crippen LogP contribution is 2.42. The van der Waals surface area contributed by atoms with Crippen molar-refractivity contribution in [3.63, 3.8) is 0 Å². The highest BCUT2D eigenvalue weighted by Gasteiger charge is 2.23. The molecule has 0 rings (SSSR count). The number of allylic oxidation sites excluding steroid dienone is 12. The number of phosphoric acid groups is 1. The van der Waals surface area contributed by atoms with Crippen LogP contribution >= 0.6 is 7.82 Å². The first-order valence-electron chi connectivity index (χ1n) is 24.4. The lowest BCUT2D eigenvalue weighted by Crippen LogP contribution is -2.27. The van der Waals surface area contributed by atoms with E-state index >= 15 is 0 Å². The number of ether oxygens (including phenoxy) is 1. The summed E-state index contributed by atoms with van der Waals surface area (Å²) in [5.41, 5.74) is 0. The minimum atomic E-state index is -4.43. The highest BCUT2D eigenvalue weighted by molar-refractivity contribution is 7.47. The fraction of sp³-hybridized carbons (Fsp3) is 0.725. The zero-order valence-corrected chi connectivity index (χ0v) is 39.7. The number of rotatable bonds is 45. The fourth-order valence-electron chi connectivity index (χ4n) is 6.50. The van der Waals surface area contributed by atoms with Crippen molar-refractivity contribution in [1.82, 2.24) is 5.32 Å². The van der Waals surface area contributed by atoms with Gasteiger partial charge in [0.05, 0.1) is 13.2 Å². The zero-order chi connectivity index (χ0) is 44.6. The van der Waals surface area contributed by atoms with E-state index in [2.05, 4.69) is 92.1 Å². The molecule has 0 aromatic carbocycles. The maximum absolute atomic E-state index is 12.1. The third kappa shape index (κ3) is 48.3. The van der Waals surface area contributed by atoms with Gasteiger partial charge in [0.25, 0.3) is 0 Å². The number of nitrogens with one attached hydrogen (secondary N) is 1. The maximum Gasteiger partial charge on any atom is 0.472 e. The molecule has 0 aromatic heterocycles. The topological polar surface area (TPSA) is 131 Å². The van der Waals surface area contributed by atoms with Crippen LogP contribution in [-0.4, -0.2) is 54.3 Å². The Balaban J connectivity index is 3.65. The number of hydrogen-bond acceptors (Lipinski definition) is 7. The van der Waals surface area contributed by atoms with Gasteiger partial charge in [0.15, 0.2) is 0 Å². The molecule has 0 saturated heterocycles. The number of phosphoric ester groups is 1. The van der Waals surface area contributed by atoms with Crippen LogP contribution in [-0.2, 0) is 27.9 Å². The minimum absolute atomic E-state index is 0.0755. The second-order valence-corrected chi connectivity index (χ2v) is 17.5. The van der Waals surface area contributed by atoms with Crippen molar-refractivity contribution in [2.45, 2.75) is 213 Å². The molecule has 0 aliphatic rings. The Hall–Kier alpha value is -2.55. The fourth-order valence-corrected chi connectivity index (χ4v) is 7.26. The summed E-state index contributed by atoms with van der Waals surface area (Å²) in [6.07, 6.45) is 58.4. The van der Waals surface area contributed by atoms with E-state index < -0.39 is 26.5 Å². The van der Waals surface area contributed by atoms with Crippen molar-refractivity contribution >= 4 is 19.7 Å². The van der Waals surface area contributed by atoms with E-state index in [1.807, 2.05) is 0 Å². The molecular weight excluding hydrogens is 786 g/mol. The summed E-state index contributed by atoms with van der Waals surface area (Å²) >= 11 is 0. The third-order valence-corrected chi connectivity index (χ3v) is 11.1. The molecule has 0 bridgehead atoms. The largest absolute Gasteiger partial charge is 0.472 e. The van der Waals surface area contributed by atoms with Crippen molar-refractivity contribution in [2.24, 2.45) is 0 Å². The molecule has 0 radical (unpaired) electrons. The standard InChI is InChI=1S/C51H90NO8P/c1-3-5-7-9-11-13-15-17-19-21-23-24-26-28-30-32-34-36-38-40-42-44-51(55)58-47-49(53)48-60-61(56,57)59-46-45-52-50(54)43-41-39-37-35-33-31-29-27-25-22-20-18-16-14-12-10-8-6-4-2/h5,7,11,13,17,19,23-24,28,30,34,36,49,53H,3-4,6,8-10,12,14-16,18,20-22,25-27,29,31-33,35,37-48H2,1-2H3,(H,52,54)(H,56,57)/b7-5-,13-11-,19-17-,24-23-,30-28-,36-34-. The summed E-state index contributed by atoms with van der Waals surface area (Å²) in [5.74, 6) is -0.559. The molecule has 0 saturated carbocycles. The Labute approximate surface area is 373 Å². The Morgan fingerprint density at radius 3 is 1.39 bits per heavy atom. The molecule has 0 fully saturated rings. The molecule has 0 heterocycles. The molecule has 0 aliphatic heterocycles. The van der Waals surface area contributed by atoms with Crippen molar-refractivity contribution in [1.29, 1.82) is 0 Å². The van der Waals surface area contributed by atoms with Crippen molar-refractivity contribution in [3.05, 3.63) is 72.9 Å². The van der Waals surface area contributed by atoms with Gasteiger partial charge in [-0.15, -0.1) is 0 Å². The summed E-state index contributed by atoms with van der Waals surface area (Å²) in [6, 6.07) is 0. The quantitative estimate of drug-likeness (QED) is 0.0239. The van der Waals surface area contributed by atoms with E-state index in [0.717, 1.165) is 70.6 Å². The molecule has 2 atom stereocenters. The monoisotopic (exact) mass is 876 g/mol. The van der Waals surface area contributed by atoms with Gasteiger partial charge >= 0.3 is 13.8 Å². The second-order valence-electron chi connectivity index (χ2n) is 16.1. The highest BCUT2D eigenvalue weighted by atomic mass is 31.2. The summed E-state index contributed by atoms with van der Waals surface area (Å²) < 4.78 is 26.9. The summed E-state index contributed by atoms with van der Waals surface area (Å²) in [5, 5.41) is 12.7. The lowest BCUT2D eigenvalue weighted by Gasteiger charge is -2.15. The van der Waals surface area contributed by atoms with Gasteiger partial charge in [-0.05, 0) is 64.2 Å². The van der Waals surface area contributed by atoms with Gasteiger partial charge in [-0.1, -0.05) is 202 Å². The van der Waals surface area contributed by atoms with Crippen molar-refractivity contribution in [2.75, 3.05) is 26.4 Å². The van der Waals surface area contributed by atoms with Gasteiger partial charge in [0.1, 0.15) is 12.7 Å². The van der Waals surface area contributed by atoms with Crippen LogP contribution < -0.4 is 5.32 Å². The lowest BCUT2D eigenvalue weighted by atomic mass is 10.0. The zero-order valence-electron chi connectivity index (χ0n) is 38.8. The smallest absolute Gasteiger partial charge is 0.463 e. The Morgan fingerprint density at radius 2 is 0.934 bits per heavy atom. The van der Waals surface area contributed by atoms with Crippen molar-refractivity contribution < 1.29 is 37.9 Å². The predicted octanol–water partition coefficient (Wildman–Crippen LogP) is 14.2. The molecular formula is C51H90NO8P. The third-order valence-electron chi connectivity index (χ3n) is 10.2. The molecule has 352 valence electrons. The molecule has 10 heteroatoms. The average Bonchev–Trinajstić information content (AvgIpc) is 3.25. The number of hydrogen-bond donors (Lipinski definition) is 3. The molecule has 2 unspecified atom stereocenters. The van der Waals surface area contributed by atoms with Crippen LogP contribution in [0.15, 0.2) is 72.9 Å². The minimum Gasteiger partial charge on any atom is -0.463 e. The summed E-state index contributed by atoms with van der Waals surface area (Å²) in [6.45, 7) is 3.41. The van der Waals surface area contributed by atoms with Gasteiger partial charge in [-0.3, -0.25) is 18.6 Å². The first-order chi connectivity index (χ1) is 29.8. The van der Waals surface area contributed by atoms with E-state index in [0.29, 0.717) is 12.8 Å². The number of esters is 1. The van der Waals surface area contributed by atoms with Gasteiger partial charge < -0.3 is 20.1 Å². The molecule has 61 heavy (non-hydrogen) atoms. The number of unbranched alkanes of at least 4 members (excludes halogenated alkanes) is 20. The predicted molar refractivity (Wildman–Crippen MR) is 256 cm³/mol. The summed E-state index contributed by atoms with van der Waals surface area (Å²) in [7, 11) is -4.43. The first-order valence-corrected chi connectivity index (χ1v) is 25.9. The molecule has 0 aliphatic carbocycles. The SMILES string of the molecule is CC/C=C\C/C=C\C/C=C\C/C=C\C/C=C\C/C=C\CCCCC(=O)OCC(O)COP(=O)(O)OCCNC(=O)CCCCCCCCCCCCCCCCCCCCC. The molecule has 3 N–H and O–H groups in total. The number of carbonyl (C=O) groups is 2. The Morgan fingerprint density at radius 1 is 0.525 bits per heavy atom. The lowest BCUT2D eigenvalue weighted by molar-refractivity contribution is -0.147. The normalized spacial score (nSPS) is 13.8. The van der Waals surface area contributed by atoms with Crippen LogP contribution in [0.1, 0.15) is 206 Å². The molecule has 1 amide bonds. The van der Waals surface area contributed by atoms with Crippen LogP contribution in [0.2, 0.25) is 0 Å². The van der Waals surface area contributed by atoms with E-state index in [1.54, 1.807) is 0 Å². The summed E-state index contributed by atoms with van der Waals surface area (Å²) in [4.78, 5) is 34.0. The van der Waals surface area contributed by atoms with E-state index in [-0.39, 0.29) is 32.1 Å². The molecule has 0 aromatic rings. The van der Waals surface area contributed by atoms with Crippen molar-refractivity contribution in [3.8, 4) is 0 Å².